The normalized spacial score (nSPS) is 14.9. The van der Waals surface area contributed by atoms with Gasteiger partial charge in [-0.1, -0.05) is 6.07 Å². The van der Waals surface area contributed by atoms with E-state index in [4.69, 9.17) is 13.9 Å². The first-order valence-corrected chi connectivity index (χ1v) is 11.9. The SMILES string of the molecule is COc1cccc(C(=O)O)c1OCCN1CCC(c2c[nH]c3nccc(Cc4ccoc4)c23)CC1. The van der Waals surface area contributed by atoms with Crippen LogP contribution in [0.1, 0.15) is 45.8 Å². The van der Waals surface area contributed by atoms with Crippen LogP contribution >= 0.6 is 0 Å². The Kier molecular flexibility index (Phi) is 6.72. The minimum atomic E-state index is -1.03. The number of rotatable bonds is 9. The summed E-state index contributed by atoms with van der Waals surface area (Å²) in [7, 11) is 1.51. The number of nitrogens with zero attached hydrogens (tertiary/aromatic N) is 2. The van der Waals surface area contributed by atoms with Gasteiger partial charge in [-0.3, -0.25) is 4.90 Å². The molecule has 35 heavy (non-hydrogen) atoms. The number of likely N-dealkylation sites (tertiary alicyclic amines) is 1. The molecule has 4 heterocycles. The van der Waals surface area contributed by atoms with Gasteiger partial charge in [0.1, 0.15) is 17.8 Å². The quantitative estimate of drug-likeness (QED) is 0.361. The van der Waals surface area contributed by atoms with Crippen molar-refractivity contribution in [3.8, 4) is 11.5 Å². The van der Waals surface area contributed by atoms with Gasteiger partial charge in [0, 0.05) is 30.7 Å². The molecule has 0 atom stereocenters. The van der Waals surface area contributed by atoms with Crippen LogP contribution < -0.4 is 9.47 Å². The second-order valence-electron chi connectivity index (χ2n) is 8.85. The number of methoxy groups -OCH3 is 1. The van der Waals surface area contributed by atoms with Crippen molar-refractivity contribution >= 4 is 17.0 Å². The molecule has 0 radical (unpaired) electrons. The smallest absolute Gasteiger partial charge is 0.339 e. The van der Waals surface area contributed by atoms with Gasteiger partial charge in [-0.2, -0.15) is 0 Å². The highest BCUT2D eigenvalue weighted by Gasteiger charge is 2.24. The molecule has 8 heteroatoms. The molecule has 0 unspecified atom stereocenters. The molecule has 3 aromatic heterocycles. The molecule has 1 aliphatic rings. The van der Waals surface area contributed by atoms with E-state index in [1.165, 1.54) is 29.7 Å². The highest BCUT2D eigenvalue weighted by atomic mass is 16.5. The molecule has 0 aliphatic carbocycles. The maximum absolute atomic E-state index is 11.6. The first-order chi connectivity index (χ1) is 17.1. The van der Waals surface area contributed by atoms with Crippen LogP contribution in [0.15, 0.2) is 59.7 Å². The third-order valence-corrected chi connectivity index (χ3v) is 6.78. The summed E-state index contributed by atoms with van der Waals surface area (Å²) in [5, 5.41) is 10.7. The molecule has 0 spiro atoms. The summed E-state index contributed by atoms with van der Waals surface area (Å²) in [6.07, 6.45) is 10.4. The number of H-pyrrole nitrogens is 1. The summed E-state index contributed by atoms with van der Waals surface area (Å²) >= 11 is 0. The van der Waals surface area contributed by atoms with Gasteiger partial charge in [0.15, 0.2) is 11.5 Å². The Labute approximate surface area is 203 Å². The molecule has 2 N–H and O–H groups in total. The molecule has 8 nitrogen and oxygen atoms in total. The van der Waals surface area contributed by atoms with E-state index in [1.54, 1.807) is 24.7 Å². The number of benzene rings is 1. The summed E-state index contributed by atoms with van der Waals surface area (Å²) in [5.74, 6) is 0.151. The number of carboxylic acids is 1. The van der Waals surface area contributed by atoms with E-state index in [0.717, 1.165) is 50.1 Å². The summed E-state index contributed by atoms with van der Waals surface area (Å²) in [4.78, 5) is 21.8. The molecule has 1 aliphatic heterocycles. The summed E-state index contributed by atoms with van der Waals surface area (Å²) in [5.41, 5.74) is 4.79. The third-order valence-electron chi connectivity index (χ3n) is 6.78. The van der Waals surface area contributed by atoms with Crippen LogP contribution in [0.4, 0.5) is 0 Å². The molecular weight excluding hydrogens is 446 g/mol. The van der Waals surface area contributed by atoms with Crippen molar-refractivity contribution < 1.29 is 23.8 Å². The Morgan fingerprint density at radius 1 is 1.26 bits per heavy atom. The van der Waals surface area contributed by atoms with E-state index < -0.39 is 5.97 Å². The van der Waals surface area contributed by atoms with Crippen LogP contribution in [-0.4, -0.2) is 59.3 Å². The molecule has 5 rings (SSSR count). The number of ether oxygens (including phenoxy) is 2. The van der Waals surface area contributed by atoms with Gasteiger partial charge in [0.05, 0.1) is 19.6 Å². The number of carboxylic acid groups (broad SMARTS) is 1. The van der Waals surface area contributed by atoms with Crippen molar-refractivity contribution in [2.45, 2.75) is 25.2 Å². The second-order valence-corrected chi connectivity index (χ2v) is 8.85. The zero-order valence-electron chi connectivity index (χ0n) is 19.7. The molecule has 0 saturated carbocycles. The van der Waals surface area contributed by atoms with E-state index in [1.807, 2.05) is 12.3 Å². The molecule has 1 saturated heterocycles. The summed E-state index contributed by atoms with van der Waals surface area (Å²) in [6.45, 7) is 3.04. The number of para-hydroxylation sites is 1. The van der Waals surface area contributed by atoms with Crippen LogP contribution in [0.3, 0.4) is 0 Å². The molecule has 0 bridgehead atoms. The number of hydrogen-bond donors (Lipinski definition) is 2. The second kappa shape index (κ2) is 10.2. The van der Waals surface area contributed by atoms with Crippen LogP contribution in [0.5, 0.6) is 11.5 Å². The van der Waals surface area contributed by atoms with Crippen molar-refractivity contribution in [3.05, 3.63) is 77.5 Å². The molecule has 182 valence electrons. The van der Waals surface area contributed by atoms with E-state index in [9.17, 15) is 9.90 Å². The average molecular weight is 476 g/mol. The predicted molar refractivity (Wildman–Crippen MR) is 131 cm³/mol. The fourth-order valence-corrected chi connectivity index (χ4v) is 4.97. The zero-order chi connectivity index (χ0) is 24.2. The predicted octanol–water partition coefficient (Wildman–Crippen LogP) is 4.71. The third kappa shape index (κ3) is 4.88. The minimum Gasteiger partial charge on any atom is -0.493 e. The highest BCUT2D eigenvalue weighted by Crippen LogP contribution is 2.35. The Morgan fingerprint density at radius 2 is 2.11 bits per heavy atom. The number of fused-ring (bicyclic) bond motifs is 1. The molecular formula is C27H29N3O5. The number of carbonyl (C=O) groups is 1. The van der Waals surface area contributed by atoms with Crippen molar-refractivity contribution in [1.82, 2.24) is 14.9 Å². The zero-order valence-corrected chi connectivity index (χ0v) is 19.7. The lowest BCUT2D eigenvalue weighted by Gasteiger charge is -2.32. The van der Waals surface area contributed by atoms with Gasteiger partial charge in [-0.15, -0.1) is 0 Å². The maximum atomic E-state index is 11.6. The Bertz CT molecular complexity index is 1290. The number of furan rings is 1. The average Bonchev–Trinajstić information content (AvgIpc) is 3.55. The lowest BCUT2D eigenvalue weighted by molar-refractivity contribution is 0.0690. The largest absolute Gasteiger partial charge is 0.493 e. The number of pyridine rings is 1. The molecule has 1 fully saturated rings. The van der Waals surface area contributed by atoms with Gasteiger partial charge in [-0.05, 0) is 72.8 Å². The monoisotopic (exact) mass is 475 g/mol. The topological polar surface area (TPSA) is 101 Å². The van der Waals surface area contributed by atoms with Crippen molar-refractivity contribution in [3.63, 3.8) is 0 Å². The van der Waals surface area contributed by atoms with E-state index in [2.05, 4.69) is 27.1 Å². The van der Waals surface area contributed by atoms with Crippen LogP contribution in [0, 0.1) is 0 Å². The van der Waals surface area contributed by atoms with Gasteiger partial charge in [-0.25, -0.2) is 9.78 Å². The van der Waals surface area contributed by atoms with E-state index >= 15 is 0 Å². The number of piperidine rings is 1. The van der Waals surface area contributed by atoms with Crippen LogP contribution in [-0.2, 0) is 6.42 Å². The van der Waals surface area contributed by atoms with Crippen molar-refractivity contribution in [2.24, 2.45) is 0 Å². The van der Waals surface area contributed by atoms with Crippen LogP contribution in [0.25, 0.3) is 11.0 Å². The summed E-state index contributed by atoms with van der Waals surface area (Å²) in [6, 6.07) is 9.00. The first-order valence-electron chi connectivity index (χ1n) is 11.9. The maximum Gasteiger partial charge on any atom is 0.339 e. The van der Waals surface area contributed by atoms with Crippen molar-refractivity contribution in [2.75, 3.05) is 33.4 Å². The Morgan fingerprint density at radius 3 is 2.86 bits per heavy atom. The summed E-state index contributed by atoms with van der Waals surface area (Å²) < 4.78 is 16.4. The van der Waals surface area contributed by atoms with Gasteiger partial charge in [0.25, 0.3) is 0 Å². The molecule has 4 aromatic rings. The minimum absolute atomic E-state index is 0.113. The first kappa shape index (κ1) is 23.0. The van der Waals surface area contributed by atoms with Crippen molar-refractivity contribution in [1.29, 1.82) is 0 Å². The number of nitrogens with one attached hydrogen (secondary N) is 1. The van der Waals surface area contributed by atoms with E-state index in [-0.39, 0.29) is 11.3 Å². The number of aromatic nitrogens is 2. The Hall–Kier alpha value is -3.78. The van der Waals surface area contributed by atoms with Gasteiger partial charge in [0.2, 0.25) is 0 Å². The standard InChI is InChI=1S/C27H29N3O5/c1-33-23-4-2-3-21(27(31)32)25(23)35-14-12-30-10-6-19(7-11-30)22-16-29-26-24(22)20(5-9-28-26)15-18-8-13-34-17-18/h2-5,8-9,13,16-17,19H,6-7,10-12,14-15H2,1H3,(H,28,29)(H,31,32). The van der Waals surface area contributed by atoms with Gasteiger partial charge >= 0.3 is 5.97 Å². The highest BCUT2D eigenvalue weighted by molar-refractivity contribution is 5.92. The van der Waals surface area contributed by atoms with E-state index in [0.29, 0.717) is 18.3 Å². The fraction of sp³-hybridized carbons (Fsp3) is 0.333. The van der Waals surface area contributed by atoms with Crippen LogP contribution in [0.2, 0.25) is 0 Å². The number of aromatic carboxylic acids is 1. The molecule has 0 amide bonds. The number of hydrogen-bond acceptors (Lipinski definition) is 6. The fourth-order valence-electron chi connectivity index (χ4n) is 4.97. The molecule has 1 aromatic carbocycles. The van der Waals surface area contributed by atoms with Gasteiger partial charge < -0.3 is 24.0 Å². The lowest BCUT2D eigenvalue weighted by atomic mass is 9.88. The number of aromatic amines is 1. The lowest BCUT2D eigenvalue weighted by Crippen LogP contribution is -2.36. The Balaban J connectivity index is 1.21.